The SMILES string of the molecule is O=Cc1cc(Cl)ccc1OCCOc1ccc(Cl)cc1. The third-order valence-electron chi connectivity index (χ3n) is 2.52. The highest BCUT2D eigenvalue weighted by molar-refractivity contribution is 6.31. The molecule has 0 aliphatic carbocycles. The highest BCUT2D eigenvalue weighted by atomic mass is 35.5. The van der Waals surface area contributed by atoms with Crippen LogP contribution in [0.4, 0.5) is 0 Å². The van der Waals surface area contributed by atoms with E-state index in [1.807, 2.05) is 0 Å². The normalized spacial score (nSPS) is 10.1. The fourth-order valence-electron chi connectivity index (χ4n) is 1.58. The van der Waals surface area contributed by atoms with Crippen molar-refractivity contribution >= 4 is 29.5 Å². The number of ether oxygens (including phenoxy) is 2. The molecule has 0 bridgehead atoms. The van der Waals surface area contributed by atoms with Crippen molar-refractivity contribution in [2.75, 3.05) is 13.2 Å². The Hall–Kier alpha value is -1.71. The topological polar surface area (TPSA) is 35.5 Å². The van der Waals surface area contributed by atoms with E-state index in [4.69, 9.17) is 32.7 Å². The summed E-state index contributed by atoms with van der Waals surface area (Å²) in [6.07, 6.45) is 0.710. The monoisotopic (exact) mass is 310 g/mol. The number of carbonyl (C=O) groups is 1. The maximum atomic E-state index is 10.9. The lowest BCUT2D eigenvalue weighted by atomic mass is 10.2. The van der Waals surface area contributed by atoms with E-state index >= 15 is 0 Å². The van der Waals surface area contributed by atoms with Crippen molar-refractivity contribution in [3.05, 3.63) is 58.1 Å². The van der Waals surface area contributed by atoms with Crippen LogP contribution in [0.5, 0.6) is 11.5 Å². The van der Waals surface area contributed by atoms with Crippen molar-refractivity contribution in [1.82, 2.24) is 0 Å². The van der Waals surface area contributed by atoms with Crippen molar-refractivity contribution in [3.63, 3.8) is 0 Å². The van der Waals surface area contributed by atoms with Crippen molar-refractivity contribution in [3.8, 4) is 11.5 Å². The van der Waals surface area contributed by atoms with Crippen LogP contribution in [-0.2, 0) is 0 Å². The molecule has 0 N–H and O–H groups in total. The van der Waals surface area contributed by atoms with Crippen LogP contribution in [0.1, 0.15) is 10.4 Å². The van der Waals surface area contributed by atoms with Crippen LogP contribution >= 0.6 is 23.2 Å². The van der Waals surface area contributed by atoms with Gasteiger partial charge in [-0.15, -0.1) is 0 Å². The Morgan fingerprint density at radius 3 is 2.25 bits per heavy atom. The number of carbonyl (C=O) groups excluding carboxylic acids is 1. The number of benzene rings is 2. The van der Waals surface area contributed by atoms with Gasteiger partial charge in [0.05, 0.1) is 5.56 Å². The molecule has 20 heavy (non-hydrogen) atoms. The summed E-state index contributed by atoms with van der Waals surface area (Å²) in [5.41, 5.74) is 0.420. The van der Waals surface area contributed by atoms with Crippen LogP contribution in [0, 0.1) is 0 Å². The van der Waals surface area contributed by atoms with E-state index < -0.39 is 0 Å². The fraction of sp³-hybridized carbons (Fsp3) is 0.133. The molecule has 2 rings (SSSR count). The minimum absolute atomic E-state index is 0.325. The zero-order valence-corrected chi connectivity index (χ0v) is 12.0. The first-order chi connectivity index (χ1) is 9.69. The molecule has 0 aliphatic rings. The molecule has 0 radical (unpaired) electrons. The minimum Gasteiger partial charge on any atom is -0.490 e. The smallest absolute Gasteiger partial charge is 0.153 e. The maximum Gasteiger partial charge on any atom is 0.153 e. The Balaban J connectivity index is 1.84. The number of hydrogen-bond donors (Lipinski definition) is 0. The molecule has 0 unspecified atom stereocenters. The van der Waals surface area contributed by atoms with Gasteiger partial charge in [0.25, 0.3) is 0 Å². The Labute approximate surface area is 127 Å². The second-order valence-electron chi connectivity index (χ2n) is 3.95. The summed E-state index contributed by atoms with van der Waals surface area (Å²) >= 11 is 11.6. The predicted octanol–water partition coefficient (Wildman–Crippen LogP) is 4.26. The summed E-state index contributed by atoms with van der Waals surface area (Å²) in [7, 11) is 0. The number of halogens is 2. The summed E-state index contributed by atoms with van der Waals surface area (Å²) in [4.78, 5) is 10.9. The second-order valence-corrected chi connectivity index (χ2v) is 4.82. The van der Waals surface area contributed by atoms with Gasteiger partial charge in [0.15, 0.2) is 6.29 Å². The van der Waals surface area contributed by atoms with Gasteiger partial charge in [-0.3, -0.25) is 4.79 Å². The largest absolute Gasteiger partial charge is 0.490 e. The van der Waals surface area contributed by atoms with Gasteiger partial charge >= 0.3 is 0 Å². The van der Waals surface area contributed by atoms with E-state index in [1.54, 1.807) is 42.5 Å². The van der Waals surface area contributed by atoms with Crippen molar-refractivity contribution in [2.45, 2.75) is 0 Å². The van der Waals surface area contributed by atoms with Gasteiger partial charge in [-0.05, 0) is 42.5 Å². The van der Waals surface area contributed by atoms with E-state index in [9.17, 15) is 4.79 Å². The van der Waals surface area contributed by atoms with Gasteiger partial charge < -0.3 is 9.47 Å². The van der Waals surface area contributed by atoms with Crippen LogP contribution in [0.3, 0.4) is 0 Å². The molecule has 2 aromatic rings. The van der Waals surface area contributed by atoms with Gasteiger partial charge in [0.1, 0.15) is 24.7 Å². The molecule has 0 fully saturated rings. The lowest BCUT2D eigenvalue weighted by Crippen LogP contribution is -2.09. The summed E-state index contributed by atoms with van der Waals surface area (Å²) in [5.74, 6) is 1.20. The minimum atomic E-state index is 0.325. The van der Waals surface area contributed by atoms with E-state index in [0.717, 1.165) is 0 Å². The molecule has 104 valence electrons. The average molecular weight is 311 g/mol. The quantitative estimate of drug-likeness (QED) is 0.590. The van der Waals surface area contributed by atoms with Gasteiger partial charge in [-0.2, -0.15) is 0 Å². The molecule has 0 heterocycles. The lowest BCUT2D eigenvalue weighted by Gasteiger charge is -2.10. The zero-order valence-electron chi connectivity index (χ0n) is 10.5. The molecule has 3 nitrogen and oxygen atoms in total. The summed E-state index contributed by atoms with van der Waals surface area (Å²) in [6.45, 7) is 0.688. The van der Waals surface area contributed by atoms with Crippen molar-refractivity contribution in [1.29, 1.82) is 0 Å². The Morgan fingerprint density at radius 2 is 1.55 bits per heavy atom. The van der Waals surface area contributed by atoms with E-state index in [2.05, 4.69) is 0 Å². The Bertz CT molecular complexity index is 582. The average Bonchev–Trinajstić information content (AvgIpc) is 2.46. The highest BCUT2D eigenvalue weighted by Gasteiger charge is 2.04. The standard InChI is InChI=1S/C15H12Cl2O3/c16-12-1-4-14(5-2-12)19-7-8-20-15-6-3-13(17)9-11(15)10-18/h1-6,9-10H,7-8H2. The fourth-order valence-corrected chi connectivity index (χ4v) is 1.89. The maximum absolute atomic E-state index is 10.9. The molecular weight excluding hydrogens is 299 g/mol. The van der Waals surface area contributed by atoms with Crippen molar-refractivity contribution in [2.24, 2.45) is 0 Å². The third-order valence-corrected chi connectivity index (χ3v) is 3.01. The molecule has 0 saturated carbocycles. The molecule has 0 aromatic heterocycles. The van der Waals surface area contributed by atoms with E-state index in [0.29, 0.717) is 46.6 Å². The van der Waals surface area contributed by atoms with Crippen LogP contribution in [0.15, 0.2) is 42.5 Å². The van der Waals surface area contributed by atoms with Gasteiger partial charge in [-0.1, -0.05) is 23.2 Å². The van der Waals surface area contributed by atoms with Gasteiger partial charge in [0.2, 0.25) is 0 Å². The highest BCUT2D eigenvalue weighted by Crippen LogP contribution is 2.21. The summed E-state index contributed by atoms with van der Waals surface area (Å²) < 4.78 is 11.0. The van der Waals surface area contributed by atoms with Crippen LogP contribution in [0.2, 0.25) is 10.0 Å². The first-order valence-electron chi connectivity index (χ1n) is 5.95. The number of aldehydes is 1. The van der Waals surface area contributed by atoms with Crippen LogP contribution in [0.25, 0.3) is 0 Å². The first-order valence-corrected chi connectivity index (χ1v) is 6.70. The molecule has 2 aromatic carbocycles. The van der Waals surface area contributed by atoms with Crippen LogP contribution < -0.4 is 9.47 Å². The molecule has 0 amide bonds. The first kappa shape index (κ1) is 14.7. The molecule has 0 atom stereocenters. The summed E-state index contributed by atoms with van der Waals surface area (Å²) in [6, 6.07) is 12.0. The molecular formula is C15H12Cl2O3. The zero-order chi connectivity index (χ0) is 14.4. The Kier molecular flexibility index (Phi) is 5.27. The molecule has 5 heteroatoms. The number of hydrogen-bond acceptors (Lipinski definition) is 3. The third kappa shape index (κ3) is 4.15. The number of rotatable bonds is 6. The molecule has 0 spiro atoms. The second kappa shape index (κ2) is 7.17. The van der Waals surface area contributed by atoms with Crippen molar-refractivity contribution < 1.29 is 14.3 Å². The van der Waals surface area contributed by atoms with Crippen LogP contribution in [-0.4, -0.2) is 19.5 Å². The lowest BCUT2D eigenvalue weighted by molar-refractivity contribution is 0.111. The van der Waals surface area contributed by atoms with Gasteiger partial charge in [0, 0.05) is 10.0 Å². The van der Waals surface area contributed by atoms with E-state index in [-0.39, 0.29) is 0 Å². The van der Waals surface area contributed by atoms with Gasteiger partial charge in [-0.25, -0.2) is 0 Å². The summed E-state index contributed by atoms with van der Waals surface area (Å²) in [5, 5.41) is 1.15. The molecule has 0 aliphatic heterocycles. The predicted molar refractivity (Wildman–Crippen MR) is 79.3 cm³/mol. The van der Waals surface area contributed by atoms with E-state index in [1.165, 1.54) is 0 Å². The molecule has 0 saturated heterocycles. The Morgan fingerprint density at radius 1 is 0.900 bits per heavy atom.